The van der Waals surface area contributed by atoms with Crippen LogP contribution in [-0.2, 0) is 0 Å². The summed E-state index contributed by atoms with van der Waals surface area (Å²) in [6.45, 7) is 8.73. The molecular weight excluding hydrogens is 196 g/mol. The molecule has 3 heteroatoms. The Morgan fingerprint density at radius 3 is 2.43 bits per heavy atom. The van der Waals surface area contributed by atoms with Gasteiger partial charge in [-0.1, -0.05) is 32.4 Å². The summed E-state index contributed by atoms with van der Waals surface area (Å²) in [6.07, 6.45) is 1.65. The summed E-state index contributed by atoms with van der Waals surface area (Å²) < 4.78 is 0. The number of halogens is 1. The summed E-state index contributed by atoms with van der Waals surface area (Å²) in [7, 11) is 0. The van der Waals surface area contributed by atoms with Gasteiger partial charge in [0, 0.05) is 12.2 Å². The monoisotopic (exact) mass is 212 g/mol. The summed E-state index contributed by atoms with van der Waals surface area (Å²) in [4.78, 5) is 4.19. The lowest BCUT2D eigenvalue weighted by Gasteiger charge is -2.28. The lowest BCUT2D eigenvalue weighted by Crippen LogP contribution is -2.31. The van der Waals surface area contributed by atoms with E-state index in [-0.39, 0.29) is 5.41 Å². The predicted octanol–water partition coefficient (Wildman–Crippen LogP) is 3.58. The van der Waals surface area contributed by atoms with Gasteiger partial charge in [-0.15, -0.1) is 0 Å². The van der Waals surface area contributed by atoms with Gasteiger partial charge in [0.1, 0.15) is 5.82 Å². The van der Waals surface area contributed by atoms with Gasteiger partial charge in [0.2, 0.25) is 0 Å². The highest BCUT2D eigenvalue weighted by atomic mass is 35.5. The molecule has 2 nitrogen and oxygen atoms in total. The number of pyridine rings is 1. The fraction of sp³-hybridized carbons (Fsp3) is 0.545. The van der Waals surface area contributed by atoms with Gasteiger partial charge in [-0.2, -0.15) is 0 Å². The predicted molar refractivity (Wildman–Crippen MR) is 61.8 cm³/mol. The second-order valence-corrected chi connectivity index (χ2v) is 5.03. The van der Waals surface area contributed by atoms with Crippen molar-refractivity contribution in [2.75, 3.05) is 5.32 Å². The van der Waals surface area contributed by atoms with Crippen LogP contribution in [0.4, 0.5) is 5.82 Å². The molecule has 14 heavy (non-hydrogen) atoms. The van der Waals surface area contributed by atoms with E-state index in [9.17, 15) is 0 Å². The van der Waals surface area contributed by atoms with Crippen LogP contribution in [0.1, 0.15) is 27.7 Å². The molecule has 0 bridgehead atoms. The Bertz CT molecular complexity index is 287. The molecule has 1 aromatic heterocycles. The highest BCUT2D eigenvalue weighted by molar-refractivity contribution is 6.30. The quantitative estimate of drug-likeness (QED) is 0.811. The molecule has 0 saturated heterocycles. The van der Waals surface area contributed by atoms with E-state index in [0.29, 0.717) is 11.1 Å². The van der Waals surface area contributed by atoms with Crippen molar-refractivity contribution in [1.82, 2.24) is 4.98 Å². The van der Waals surface area contributed by atoms with Gasteiger partial charge in [0.25, 0.3) is 0 Å². The van der Waals surface area contributed by atoms with E-state index in [4.69, 9.17) is 11.6 Å². The molecule has 0 amide bonds. The molecule has 78 valence electrons. The molecular formula is C11H17ClN2. The topological polar surface area (TPSA) is 24.9 Å². The van der Waals surface area contributed by atoms with Crippen LogP contribution in [0.3, 0.4) is 0 Å². The summed E-state index contributed by atoms with van der Waals surface area (Å²) >= 11 is 5.75. The SMILES string of the molecule is CC(Nc1ccc(Cl)cn1)C(C)(C)C. The normalized spacial score (nSPS) is 13.8. The molecule has 1 aromatic rings. The van der Waals surface area contributed by atoms with Crippen LogP contribution in [0.2, 0.25) is 5.02 Å². The Morgan fingerprint density at radius 1 is 1.36 bits per heavy atom. The molecule has 1 N–H and O–H groups in total. The molecule has 1 unspecified atom stereocenters. The molecule has 1 heterocycles. The molecule has 0 radical (unpaired) electrons. The van der Waals surface area contributed by atoms with E-state index >= 15 is 0 Å². The number of anilines is 1. The van der Waals surface area contributed by atoms with Gasteiger partial charge < -0.3 is 5.32 Å². The first-order valence-corrected chi connectivity index (χ1v) is 5.15. The molecule has 0 spiro atoms. The average molecular weight is 213 g/mol. The highest BCUT2D eigenvalue weighted by Crippen LogP contribution is 2.22. The summed E-state index contributed by atoms with van der Waals surface area (Å²) in [6, 6.07) is 4.10. The lowest BCUT2D eigenvalue weighted by molar-refractivity contribution is 0.359. The third-order valence-electron chi connectivity index (χ3n) is 2.39. The van der Waals surface area contributed by atoms with Gasteiger partial charge in [-0.25, -0.2) is 4.98 Å². The summed E-state index contributed by atoms with van der Waals surface area (Å²) in [5.74, 6) is 0.872. The maximum absolute atomic E-state index is 5.75. The number of rotatable bonds is 2. The van der Waals surface area contributed by atoms with Crippen molar-refractivity contribution in [3.63, 3.8) is 0 Å². The van der Waals surface area contributed by atoms with Crippen molar-refractivity contribution in [2.24, 2.45) is 5.41 Å². The minimum absolute atomic E-state index is 0.224. The van der Waals surface area contributed by atoms with E-state index in [1.807, 2.05) is 12.1 Å². The van der Waals surface area contributed by atoms with Crippen LogP contribution in [-0.4, -0.2) is 11.0 Å². The molecule has 0 aromatic carbocycles. The molecule has 0 aliphatic carbocycles. The fourth-order valence-electron chi connectivity index (χ4n) is 0.900. The summed E-state index contributed by atoms with van der Waals surface area (Å²) in [5.41, 5.74) is 0.224. The number of nitrogens with one attached hydrogen (secondary N) is 1. The van der Waals surface area contributed by atoms with E-state index in [0.717, 1.165) is 5.82 Å². The van der Waals surface area contributed by atoms with Gasteiger partial charge >= 0.3 is 0 Å². The minimum Gasteiger partial charge on any atom is -0.367 e. The van der Waals surface area contributed by atoms with Gasteiger partial charge in [0.05, 0.1) is 5.02 Å². The number of nitrogens with zero attached hydrogens (tertiary/aromatic N) is 1. The van der Waals surface area contributed by atoms with Crippen molar-refractivity contribution < 1.29 is 0 Å². The van der Waals surface area contributed by atoms with E-state index in [1.54, 1.807) is 6.20 Å². The molecule has 1 rings (SSSR count). The first-order chi connectivity index (χ1) is 6.39. The summed E-state index contributed by atoms with van der Waals surface area (Å²) in [5, 5.41) is 4.00. The van der Waals surface area contributed by atoms with Crippen LogP contribution in [0.5, 0.6) is 0 Å². The third-order valence-corrected chi connectivity index (χ3v) is 2.61. The molecule has 0 aliphatic rings. The molecule has 0 fully saturated rings. The zero-order chi connectivity index (χ0) is 10.8. The Kier molecular flexibility index (Phi) is 3.38. The molecule has 0 aliphatic heterocycles. The van der Waals surface area contributed by atoms with Crippen LogP contribution in [0.15, 0.2) is 18.3 Å². The molecule has 1 atom stereocenters. The lowest BCUT2D eigenvalue weighted by atomic mass is 9.88. The minimum atomic E-state index is 0.224. The largest absolute Gasteiger partial charge is 0.367 e. The van der Waals surface area contributed by atoms with Crippen molar-refractivity contribution in [3.8, 4) is 0 Å². The zero-order valence-electron chi connectivity index (χ0n) is 9.13. The van der Waals surface area contributed by atoms with Crippen LogP contribution in [0.25, 0.3) is 0 Å². The highest BCUT2D eigenvalue weighted by Gasteiger charge is 2.19. The van der Waals surface area contributed by atoms with Gasteiger partial charge in [0.15, 0.2) is 0 Å². The second kappa shape index (κ2) is 4.18. The Morgan fingerprint density at radius 2 is 2.00 bits per heavy atom. The maximum Gasteiger partial charge on any atom is 0.126 e. The number of hydrogen-bond acceptors (Lipinski definition) is 2. The Balaban J connectivity index is 2.65. The second-order valence-electron chi connectivity index (χ2n) is 4.59. The average Bonchev–Trinajstić information content (AvgIpc) is 2.07. The fourth-order valence-corrected chi connectivity index (χ4v) is 1.01. The van der Waals surface area contributed by atoms with E-state index in [1.165, 1.54) is 0 Å². The van der Waals surface area contributed by atoms with Crippen molar-refractivity contribution in [1.29, 1.82) is 0 Å². The first-order valence-electron chi connectivity index (χ1n) is 4.77. The van der Waals surface area contributed by atoms with Crippen molar-refractivity contribution in [3.05, 3.63) is 23.4 Å². The van der Waals surface area contributed by atoms with Crippen molar-refractivity contribution >= 4 is 17.4 Å². The molecule has 0 saturated carbocycles. The Labute approximate surface area is 90.7 Å². The zero-order valence-corrected chi connectivity index (χ0v) is 9.89. The van der Waals surface area contributed by atoms with Gasteiger partial charge in [-0.05, 0) is 24.5 Å². The van der Waals surface area contributed by atoms with E-state index < -0.39 is 0 Å². The smallest absolute Gasteiger partial charge is 0.126 e. The van der Waals surface area contributed by atoms with Crippen molar-refractivity contribution in [2.45, 2.75) is 33.7 Å². The number of hydrogen-bond donors (Lipinski definition) is 1. The maximum atomic E-state index is 5.75. The van der Waals surface area contributed by atoms with Crippen LogP contribution < -0.4 is 5.32 Å². The van der Waals surface area contributed by atoms with Crippen LogP contribution >= 0.6 is 11.6 Å². The third kappa shape index (κ3) is 3.18. The standard InChI is InChI=1S/C11H17ClN2/c1-8(11(2,3)4)14-10-6-5-9(12)7-13-10/h5-8H,1-4H3,(H,13,14). The first kappa shape index (κ1) is 11.3. The Hall–Kier alpha value is -0.760. The van der Waals surface area contributed by atoms with Gasteiger partial charge in [-0.3, -0.25) is 0 Å². The van der Waals surface area contributed by atoms with Crippen LogP contribution in [0, 0.1) is 5.41 Å². The number of aromatic nitrogens is 1. The van der Waals surface area contributed by atoms with E-state index in [2.05, 4.69) is 38.0 Å².